The lowest BCUT2D eigenvalue weighted by molar-refractivity contribution is -0.286. The van der Waals surface area contributed by atoms with Gasteiger partial charge in [-0.25, -0.2) is 4.98 Å². The molecule has 0 amide bonds. The topological polar surface area (TPSA) is 337 Å². The van der Waals surface area contributed by atoms with Crippen LogP contribution in [0.1, 0.15) is 202 Å². The Morgan fingerprint density at radius 2 is 0.579 bits per heavy atom. The Morgan fingerprint density at radius 1 is 0.314 bits per heavy atom. The average molecular weight is 1750 g/mol. The lowest BCUT2D eigenvalue weighted by Gasteiger charge is -2.36. The summed E-state index contributed by atoms with van der Waals surface area (Å²) in [6.45, 7) is 8.85. The van der Waals surface area contributed by atoms with Gasteiger partial charge in [0.25, 0.3) is 0 Å². The molecule has 7 aromatic rings. The Labute approximate surface area is 688 Å². The van der Waals surface area contributed by atoms with Gasteiger partial charge in [0, 0.05) is 51.8 Å². The number of rotatable bonds is 18. The molecule has 7 unspecified atom stereocenters. The molecule has 0 bridgehead atoms. The van der Waals surface area contributed by atoms with Crippen LogP contribution in [-0.2, 0) is 39.2 Å². The van der Waals surface area contributed by atoms with Crippen LogP contribution >= 0.6 is 0 Å². The molecule has 10 rings (SSSR count). The summed E-state index contributed by atoms with van der Waals surface area (Å²) in [4.78, 5) is 3.48. The maximum Gasteiger partial charge on any atom is 0.421 e. The Bertz CT molecular complexity index is 4200. The van der Waals surface area contributed by atoms with E-state index < -0.39 is 94.8 Å². The van der Waals surface area contributed by atoms with Gasteiger partial charge in [-0.2, -0.15) is 92.2 Å². The number of aliphatic hydroxyl groups is 7. The van der Waals surface area contributed by atoms with E-state index in [1.807, 2.05) is 13.8 Å². The van der Waals surface area contributed by atoms with Crippen LogP contribution in [-0.4, -0.2) is 84.0 Å². The highest BCUT2D eigenvalue weighted by Crippen LogP contribution is 2.53. The number of hydrogen-bond donors (Lipinski definition) is 14. The van der Waals surface area contributed by atoms with Crippen LogP contribution < -0.4 is 40.1 Å². The summed E-state index contributed by atoms with van der Waals surface area (Å²) < 4.78 is 273. The van der Waals surface area contributed by atoms with Crippen LogP contribution in [0.4, 0.5) is 132 Å². The molecule has 0 spiro atoms. The number of nitrogens with zero attached hydrogens (tertiary/aromatic N) is 1. The summed E-state index contributed by atoms with van der Waals surface area (Å²) in [5.74, 6) is -0.989. The standard InChI is InChI=1S/C15H20F3NO.C14H18F3NO.C13H16F3NO.C13H18F3NO.C12H16F3NO.C10H12F3NO.C8H9F3N2O/c16-15(17,18)14(20,10-11-4-2-1-3-5-11)12-6-8-13(19)9-7-12;15-14(16,17)13(19,9-10-3-1-2-4-10)11-5-7-12(18)8-6-11;14-13(15,16)12(18,9-3-1-2-4-9)10-5-7-11(17)8-6-10;1-9(2)7-8-12(18,13(14,15)16)10-3-5-11(17)6-4-10;1-8(2)7-11(17,12(13,14)15)9-3-5-10(16)6-4-9;1-2-9(15,10(11,12)13)7-3-5-8(14)6-4-7;1-7(14,8(9,10)11)5-2-3-6(12)13-4-5/h6-9,11,20H,1-5,10,19H2;5-8,10,19H,1-4,9,18H2;5-9,18H,1-4,17H2;3-6,9,18H,7-8,17H2,1-2H3;3-6,8,17H,7,16H2,1-2H3;3-6,15H,2,14H2,1H3;2-4,14H,1H3,(H2,12,13). The molecule has 1 heterocycles. The number of benzene rings is 6. The third kappa shape index (κ3) is 27.9. The maximum absolute atomic E-state index is 13.4. The summed E-state index contributed by atoms with van der Waals surface area (Å²) in [7, 11) is 0. The minimum atomic E-state index is -4.73. The van der Waals surface area contributed by atoms with Gasteiger partial charge < -0.3 is 75.9 Å². The Morgan fingerprint density at radius 3 is 0.835 bits per heavy atom. The van der Waals surface area contributed by atoms with Crippen molar-refractivity contribution in [1.82, 2.24) is 4.98 Å². The molecule has 3 aliphatic rings. The van der Waals surface area contributed by atoms with Crippen molar-refractivity contribution >= 4 is 39.9 Å². The molecule has 678 valence electrons. The smallest absolute Gasteiger partial charge is 0.399 e. The van der Waals surface area contributed by atoms with Crippen molar-refractivity contribution in [2.45, 2.75) is 246 Å². The first-order valence-electron chi connectivity index (χ1n) is 38.8. The van der Waals surface area contributed by atoms with Gasteiger partial charge in [-0.15, -0.1) is 0 Å². The molecule has 3 saturated carbocycles. The van der Waals surface area contributed by atoms with Gasteiger partial charge >= 0.3 is 43.2 Å². The highest BCUT2D eigenvalue weighted by molar-refractivity contribution is 5.46. The molecule has 0 aliphatic heterocycles. The quantitative estimate of drug-likeness (QED) is 0.0280. The predicted octanol–water partition coefficient (Wildman–Crippen LogP) is 21.2. The molecule has 0 radical (unpaired) electrons. The van der Waals surface area contributed by atoms with Crippen molar-refractivity contribution in [2.75, 3.05) is 40.1 Å². The van der Waals surface area contributed by atoms with E-state index in [2.05, 4.69) is 4.98 Å². The first-order valence-corrected chi connectivity index (χ1v) is 38.8. The van der Waals surface area contributed by atoms with Crippen LogP contribution in [0.25, 0.3) is 0 Å². The first-order chi connectivity index (χ1) is 55.4. The van der Waals surface area contributed by atoms with E-state index in [9.17, 15) is 128 Å². The molecule has 7 atom stereocenters. The van der Waals surface area contributed by atoms with Crippen LogP contribution in [0.15, 0.2) is 164 Å². The molecular weight excluding hydrogens is 1640 g/mol. The van der Waals surface area contributed by atoms with E-state index in [4.69, 9.17) is 40.1 Å². The van der Waals surface area contributed by atoms with Gasteiger partial charge in [-0.1, -0.05) is 184 Å². The number of pyridine rings is 1. The van der Waals surface area contributed by atoms with Gasteiger partial charge in [0.2, 0.25) is 0 Å². The highest BCUT2D eigenvalue weighted by Gasteiger charge is 2.62. The number of anilines is 7. The summed E-state index contributed by atoms with van der Waals surface area (Å²) in [6.07, 6.45) is -23.2. The number of hydrogen-bond acceptors (Lipinski definition) is 15. The number of aromatic nitrogens is 1. The lowest BCUT2D eigenvalue weighted by Crippen LogP contribution is -2.47. The fraction of sp³-hybridized carbons (Fsp3) is 0.518. The number of alkyl halides is 21. The summed E-state index contributed by atoms with van der Waals surface area (Å²) in [6, 6.07) is 33.6. The van der Waals surface area contributed by atoms with Crippen LogP contribution in [0, 0.1) is 29.6 Å². The number of halogens is 21. The van der Waals surface area contributed by atoms with Crippen LogP contribution in [0.2, 0.25) is 0 Å². The van der Waals surface area contributed by atoms with E-state index >= 15 is 0 Å². The van der Waals surface area contributed by atoms with Gasteiger partial charge in [0.15, 0.2) is 39.2 Å². The van der Waals surface area contributed by atoms with Crippen molar-refractivity contribution in [3.8, 4) is 0 Å². The van der Waals surface area contributed by atoms with Crippen LogP contribution in [0.3, 0.4) is 0 Å². The largest absolute Gasteiger partial charge is 0.421 e. The van der Waals surface area contributed by atoms with Crippen molar-refractivity contribution in [2.24, 2.45) is 29.6 Å². The van der Waals surface area contributed by atoms with Gasteiger partial charge in [0.05, 0.1) is 0 Å². The highest BCUT2D eigenvalue weighted by atomic mass is 19.4. The summed E-state index contributed by atoms with van der Waals surface area (Å²) >= 11 is 0. The summed E-state index contributed by atoms with van der Waals surface area (Å²) in [5, 5.41) is 69.4. The SMILES string of the molecule is CC(C)CC(O)(c1ccc(N)cc1)C(F)(F)F.CC(C)CCC(O)(c1ccc(N)cc1)C(F)(F)F.CC(O)(c1ccc(N)nc1)C(F)(F)F.CCC(O)(c1ccc(N)cc1)C(F)(F)F.Nc1ccc(C(O)(C2CCCC2)C(F)(F)F)cc1.Nc1ccc(C(O)(CC2CCCC2)C(F)(F)F)cc1.Nc1ccc(C(O)(CC2CCCCC2)C(F)(F)F)cc1. The Balaban J connectivity index is 0.000000297. The minimum Gasteiger partial charge on any atom is -0.399 e. The molecule has 1 aromatic heterocycles. The molecule has 3 aliphatic carbocycles. The minimum absolute atomic E-state index is 0.0656. The molecule has 3 fully saturated rings. The van der Waals surface area contributed by atoms with Crippen molar-refractivity contribution in [1.29, 1.82) is 0 Å². The molecule has 15 nitrogen and oxygen atoms in total. The second-order valence-electron chi connectivity index (χ2n) is 31.8. The number of nitrogens with two attached hydrogens (primary N) is 7. The van der Waals surface area contributed by atoms with Crippen LogP contribution in [0.5, 0.6) is 0 Å². The average Bonchev–Trinajstić information content (AvgIpc) is 1.71. The van der Waals surface area contributed by atoms with E-state index in [1.165, 1.54) is 159 Å². The van der Waals surface area contributed by atoms with Gasteiger partial charge in [-0.3, -0.25) is 0 Å². The van der Waals surface area contributed by atoms with E-state index in [1.54, 1.807) is 13.8 Å². The first kappa shape index (κ1) is 105. The van der Waals surface area contributed by atoms with Gasteiger partial charge in [-0.05, 0) is 194 Å². The maximum atomic E-state index is 13.4. The Hall–Kier alpha value is -8.68. The van der Waals surface area contributed by atoms with E-state index in [-0.39, 0.29) is 94.1 Å². The molecule has 36 heteroatoms. The predicted molar refractivity (Wildman–Crippen MR) is 423 cm³/mol. The zero-order chi connectivity index (χ0) is 92.2. The zero-order valence-corrected chi connectivity index (χ0v) is 67.5. The molecule has 21 N–H and O–H groups in total. The van der Waals surface area contributed by atoms with Crippen molar-refractivity contribution < 1.29 is 128 Å². The Kier molecular flexibility index (Phi) is 36.4. The fourth-order valence-electron chi connectivity index (χ4n) is 14.1. The molecule has 0 saturated heterocycles. The molecular formula is C85H109F21N8O7. The van der Waals surface area contributed by atoms with Crippen molar-refractivity contribution in [3.05, 3.63) is 203 Å². The lowest BCUT2D eigenvalue weighted by atomic mass is 9.77. The third-order valence-electron chi connectivity index (χ3n) is 21.6. The van der Waals surface area contributed by atoms with Gasteiger partial charge in [0.1, 0.15) is 5.82 Å². The van der Waals surface area contributed by atoms with Crippen molar-refractivity contribution in [3.63, 3.8) is 0 Å². The van der Waals surface area contributed by atoms with E-state index in [0.717, 1.165) is 82.9 Å². The third-order valence-corrected chi connectivity index (χ3v) is 21.6. The zero-order valence-electron chi connectivity index (χ0n) is 67.5. The fourth-order valence-corrected chi connectivity index (χ4v) is 14.1. The summed E-state index contributed by atoms with van der Waals surface area (Å²) in [5.41, 5.74) is 19.3. The normalized spacial score (nSPS) is 18.2. The monoisotopic (exact) mass is 1750 g/mol. The molecule has 6 aromatic carbocycles. The van der Waals surface area contributed by atoms with E-state index in [0.29, 0.717) is 60.3 Å². The second-order valence-corrected chi connectivity index (χ2v) is 31.8. The number of nitrogen functional groups attached to an aromatic ring is 7. The second kappa shape index (κ2) is 42.1. The molecule has 121 heavy (non-hydrogen) atoms.